The lowest BCUT2D eigenvalue weighted by Gasteiger charge is -2.22. The molecule has 3 N–H and O–H groups in total. The maximum atomic E-state index is 12.0. The van der Waals surface area contributed by atoms with Gasteiger partial charge >= 0.3 is 0 Å². The highest BCUT2D eigenvalue weighted by Gasteiger charge is 2.36. The maximum Gasteiger partial charge on any atom is 0.240 e. The summed E-state index contributed by atoms with van der Waals surface area (Å²) in [5, 5.41) is 2.96. The Labute approximate surface area is 119 Å². The Kier molecular flexibility index (Phi) is 4.88. The predicted molar refractivity (Wildman–Crippen MR) is 80.3 cm³/mol. The molecule has 0 unspecified atom stereocenters. The molecule has 1 fully saturated rings. The average molecular weight is 278 g/mol. The Morgan fingerprint density at radius 1 is 1.32 bits per heavy atom. The number of rotatable bonds is 5. The van der Waals surface area contributed by atoms with Gasteiger partial charge in [0.1, 0.15) is 0 Å². The molecule has 0 aliphatic heterocycles. The summed E-state index contributed by atoms with van der Waals surface area (Å²) < 4.78 is 0. The lowest BCUT2D eigenvalue weighted by molar-refractivity contribution is -0.126. The summed E-state index contributed by atoms with van der Waals surface area (Å²) in [7, 11) is 0. The molecule has 19 heavy (non-hydrogen) atoms. The summed E-state index contributed by atoms with van der Waals surface area (Å²) in [5.74, 6) is 0.903. The number of hydrogen-bond donors (Lipinski definition) is 2. The molecule has 1 aliphatic carbocycles. The van der Waals surface area contributed by atoms with E-state index in [0.717, 1.165) is 31.4 Å². The molecule has 0 spiro atoms. The number of benzene rings is 1. The highest BCUT2D eigenvalue weighted by atomic mass is 32.2. The molecule has 0 heterocycles. The van der Waals surface area contributed by atoms with Gasteiger partial charge in [0.2, 0.25) is 5.91 Å². The molecule has 1 aliphatic rings. The zero-order chi connectivity index (χ0) is 13.7. The molecular weight excluding hydrogens is 256 g/mol. The van der Waals surface area contributed by atoms with E-state index in [4.69, 9.17) is 5.73 Å². The molecule has 3 nitrogen and oxygen atoms in total. The molecule has 2 rings (SSSR count). The monoisotopic (exact) mass is 278 g/mol. The number of hydrogen-bond acceptors (Lipinski definition) is 3. The fourth-order valence-corrected chi connectivity index (χ4v) is 3.15. The van der Waals surface area contributed by atoms with Gasteiger partial charge in [-0.05, 0) is 31.9 Å². The van der Waals surface area contributed by atoms with Crippen molar-refractivity contribution in [2.45, 2.75) is 43.0 Å². The molecular formula is C15H22N2OS. The van der Waals surface area contributed by atoms with Crippen LogP contribution in [-0.2, 0) is 4.79 Å². The highest BCUT2D eigenvalue weighted by Crippen LogP contribution is 2.27. The Bertz CT molecular complexity index is 424. The Morgan fingerprint density at radius 2 is 1.95 bits per heavy atom. The van der Waals surface area contributed by atoms with Gasteiger partial charge < -0.3 is 11.1 Å². The maximum absolute atomic E-state index is 12.0. The standard InChI is InChI=1S/C15H22N2OS/c1-12-4-6-13(7-5-12)19-11-10-17-14(18)15(16)8-2-3-9-15/h4-7H,2-3,8-11,16H2,1H3,(H,17,18). The fraction of sp³-hybridized carbons (Fsp3) is 0.533. The number of thioether (sulfide) groups is 1. The summed E-state index contributed by atoms with van der Waals surface area (Å²) in [6.07, 6.45) is 3.79. The third-order valence-corrected chi connectivity index (χ3v) is 4.64. The largest absolute Gasteiger partial charge is 0.354 e. The van der Waals surface area contributed by atoms with Crippen LogP contribution < -0.4 is 11.1 Å². The molecule has 0 atom stereocenters. The summed E-state index contributed by atoms with van der Waals surface area (Å²) in [6, 6.07) is 8.44. The molecule has 1 amide bonds. The van der Waals surface area contributed by atoms with Crippen molar-refractivity contribution >= 4 is 17.7 Å². The topological polar surface area (TPSA) is 55.1 Å². The second kappa shape index (κ2) is 6.44. The van der Waals surface area contributed by atoms with Gasteiger partial charge in [-0.2, -0.15) is 0 Å². The summed E-state index contributed by atoms with van der Waals surface area (Å²) in [4.78, 5) is 13.2. The number of carbonyl (C=O) groups excluding carboxylic acids is 1. The lowest BCUT2D eigenvalue weighted by atomic mass is 9.98. The number of nitrogens with one attached hydrogen (secondary N) is 1. The van der Waals surface area contributed by atoms with Crippen molar-refractivity contribution in [1.29, 1.82) is 0 Å². The first-order valence-corrected chi connectivity index (χ1v) is 7.85. The van der Waals surface area contributed by atoms with E-state index in [1.807, 2.05) is 0 Å². The van der Waals surface area contributed by atoms with Crippen LogP contribution >= 0.6 is 11.8 Å². The van der Waals surface area contributed by atoms with E-state index < -0.39 is 5.54 Å². The van der Waals surface area contributed by atoms with Gasteiger partial charge in [-0.15, -0.1) is 11.8 Å². The SMILES string of the molecule is Cc1ccc(SCCNC(=O)C2(N)CCCC2)cc1. The summed E-state index contributed by atoms with van der Waals surface area (Å²) in [6.45, 7) is 2.76. The molecule has 0 saturated heterocycles. The quantitative estimate of drug-likeness (QED) is 0.642. The van der Waals surface area contributed by atoms with E-state index in [9.17, 15) is 4.79 Å². The van der Waals surface area contributed by atoms with E-state index in [-0.39, 0.29) is 5.91 Å². The van der Waals surface area contributed by atoms with Crippen molar-refractivity contribution in [3.8, 4) is 0 Å². The predicted octanol–water partition coefficient (Wildman–Crippen LogP) is 2.47. The van der Waals surface area contributed by atoms with Gasteiger partial charge in [0.15, 0.2) is 0 Å². The summed E-state index contributed by atoms with van der Waals surface area (Å²) >= 11 is 1.76. The van der Waals surface area contributed by atoms with Gasteiger partial charge in [-0.1, -0.05) is 30.5 Å². The van der Waals surface area contributed by atoms with E-state index in [2.05, 4.69) is 36.5 Å². The van der Waals surface area contributed by atoms with E-state index in [1.165, 1.54) is 10.5 Å². The van der Waals surface area contributed by atoms with Crippen LogP contribution in [0.5, 0.6) is 0 Å². The van der Waals surface area contributed by atoms with Crippen LogP contribution in [-0.4, -0.2) is 23.7 Å². The van der Waals surface area contributed by atoms with Crippen LogP contribution in [0, 0.1) is 6.92 Å². The number of aryl methyl sites for hydroxylation is 1. The number of nitrogens with two attached hydrogens (primary N) is 1. The van der Waals surface area contributed by atoms with Crippen molar-refractivity contribution in [2.75, 3.05) is 12.3 Å². The smallest absolute Gasteiger partial charge is 0.240 e. The van der Waals surface area contributed by atoms with E-state index in [0.29, 0.717) is 6.54 Å². The zero-order valence-electron chi connectivity index (χ0n) is 11.4. The number of carbonyl (C=O) groups is 1. The van der Waals surface area contributed by atoms with Crippen molar-refractivity contribution in [3.63, 3.8) is 0 Å². The van der Waals surface area contributed by atoms with Crippen molar-refractivity contribution in [3.05, 3.63) is 29.8 Å². The molecule has 4 heteroatoms. The number of amides is 1. The molecule has 1 saturated carbocycles. The van der Waals surface area contributed by atoms with Gasteiger partial charge in [-0.25, -0.2) is 0 Å². The minimum absolute atomic E-state index is 0.0227. The van der Waals surface area contributed by atoms with Gasteiger partial charge in [-0.3, -0.25) is 4.79 Å². The minimum atomic E-state index is -0.603. The minimum Gasteiger partial charge on any atom is -0.354 e. The Morgan fingerprint density at radius 3 is 2.58 bits per heavy atom. The van der Waals surface area contributed by atoms with Crippen molar-refractivity contribution < 1.29 is 4.79 Å². The van der Waals surface area contributed by atoms with Gasteiger partial charge in [0.05, 0.1) is 5.54 Å². The third-order valence-electron chi connectivity index (χ3n) is 3.63. The van der Waals surface area contributed by atoms with Crippen LogP contribution in [0.15, 0.2) is 29.2 Å². The molecule has 1 aromatic carbocycles. The molecule has 0 bridgehead atoms. The van der Waals surface area contributed by atoms with Gasteiger partial charge in [0.25, 0.3) is 0 Å². The van der Waals surface area contributed by atoms with Crippen LogP contribution in [0.4, 0.5) is 0 Å². The fourth-order valence-electron chi connectivity index (χ4n) is 2.38. The normalized spacial score (nSPS) is 17.4. The second-order valence-corrected chi connectivity index (χ2v) is 6.45. The third kappa shape index (κ3) is 3.98. The zero-order valence-corrected chi connectivity index (χ0v) is 12.3. The molecule has 0 radical (unpaired) electrons. The molecule has 104 valence electrons. The van der Waals surface area contributed by atoms with Crippen LogP contribution in [0.25, 0.3) is 0 Å². The van der Waals surface area contributed by atoms with E-state index in [1.54, 1.807) is 11.8 Å². The first-order valence-electron chi connectivity index (χ1n) is 6.87. The van der Waals surface area contributed by atoms with Crippen LogP contribution in [0.3, 0.4) is 0 Å². The summed E-state index contributed by atoms with van der Waals surface area (Å²) in [5.41, 5.74) is 6.76. The first kappa shape index (κ1) is 14.4. The van der Waals surface area contributed by atoms with Crippen LogP contribution in [0.2, 0.25) is 0 Å². The Hall–Kier alpha value is -1.00. The average Bonchev–Trinajstić information content (AvgIpc) is 2.85. The molecule has 0 aromatic heterocycles. The van der Waals surface area contributed by atoms with Crippen molar-refractivity contribution in [2.24, 2.45) is 5.73 Å². The first-order chi connectivity index (χ1) is 9.10. The van der Waals surface area contributed by atoms with Crippen molar-refractivity contribution in [1.82, 2.24) is 5.32 Å². The second-order valence-electron chi connectivity index (χ2n) is 5.28. The highest BCUT2D eigenvalue weighted by molar-refractivity contribution is 7.99. The lowest BCUT2D eigenvalue weighted by Crippen LogP contribution is -2.52. The van der Waals surface area contributed by atoms with Crippen LogP contribution in [0.1, 0.15) is 31.2 Å². The Balaban J connectivity index is 1.69. The van der Waals surface area contributed by atoms with Gasteiger partial charge in [0, 0.05) is 17.2 Å². The van der Waals surface area contributed by atoms with E-state index >= 15 is 0 Å². The molecule has 1 aromatic rings.